The Kier molecular flexibility index (Phi) is 4.03. The molecule has 104 valence electrons. The molecule has 2 aromatic rings. The van der Waals surface area contributed by atoms with Crippen LogP contribution < -0.4 is 9.64 Å². The van der Waals surface area contributed by atoms with Gasteiger partial charge in [0.25, 0.3) is 0 Å². The highest BCUT2D eigenvalue weighted by atomic mass is 19.1. The summed E-state index contributed by atoms with van der Waals surface area (Å²) in [4.78, 5) is 12.9. The minimum atomic E-state index is -0.299. The molecule has 0 bridgehead atoms. The van der Waals surface area contributed by atoms with Crippen molar-refractivity contribution in [2.45, 2.75) is 13.8 Å². The lowest BCUT2D eigenvalue weighted by Crippen LogP contribution is -2.22. The molecule has 0 N–H and O–H groups in total. The number of aryl methyl sites for hydroxylation is 1. The monoisotopic (exact) mass is 273 g/mol. The van der Waals surface area contributed by atoms with Gasteiger partial charge in [0.15, 0.2) is 0 Å². The molecule has 0 spiro atoms. The molecule has 1 amide bonds. The van der Waals surface area contributed by atoms with Crippen LogP contribution in [0.15, 0.2) is 42.5 Å². The van der Waals surface area contributed by atoms with Gasteiger partial charge in [-0.05, 0) is 55.0 Å². The van der Waals surface area contributed by atoms with Crippen molar-refractivity contribution in [2.75, 3.05) is 11.9 Å². The molecule has 0 saturated carbocycles. The third-order valence-corrected chi connectivity index (χ3v) is 3.06. The number of hydrogen-bond acceptors (Lipinski definition) is 2. The first-order valence-electron chi connectivity index (χ1n) is 6.26. The van der Waals surface area contributed by atoms with Gasteiger partial charge in [-0.2, -0.15) is 0 Å². The van der Waals surface area contributed by atoms with Gasteiger partial charge < -0.3 is 9.64 Å². The van der Waals surface area contributed by atoms with Crippen molar-refractivity contribution in [3.63, 3.8) is 0 Å². The van der Waals surface area contributed by atoms with Crippen LogP contribution in [0.25, 0.3) is 0 Å². The van der Waals surface area contributed by atoms with E-state index in [9.17, 15) is 9.18 Å². The van der Waals surface area contributed by atoms with Crippen molar-refractivity contribution >= 4 is 11.6 Å². The molecule has 0 radical (unpaired) electrons. The number of carbonyl (C=O) groups excluding carboxylic acids is 1. The minimum Gasteiger partial charge on any atom is -0.457 e. The molecule has 0 saturated heterocycles. The summed E-state index contributed by atoms with van der Waals surface area (Å²) in [5.41, 5.74) is 1.71. The summed E-state index contributed by atoms with van der Waals surface area (Å²) >= 11 is 0. The number of rotatable bonds is 3. The predicted octanol–water partition coefficient (Wildman–Crippen LogP) is 3.91. The Labute approximate surface area is 117 Å². The average Bonchev–Trinajstić information content (AvgIpc) is 2.42. The molecule has 0 aliphatic rings. The Balaban J connectivity index is 2.21. The standard InChI is InChI=1S/C16H16FNO2/c1-11-10-14(18(3)12(2)19)6-9-16(11)20-15-7-4-13(17)5-8-15/h4-10H,1-3H3. The van der Waals surface area contributed by atoms with Crippen molar-refractivity contribution in [1.82, 2.24) is 0 Å². The van der Waals surface area contributed by atoms with Gasteiger partial charge in [-0.1, -0.05) is 0 Å². The summed E-state index contributed by atoms with van der Waals surface area (Å²) in [5.74, 6) is 0.920. The van der Waals surface area contributed by atoms with E-state index in [2.05, 4.69) is 0 Å². The van der Waals surface area contributed by atoms with Gasteiger partial charge in [-0.25, -0.2) is 4.39 Å². The van der Waals surface area contributed by atoms with E-state index in [4.69, 9.17) is 4.74 Å². The van der Waals surface area contributed by atoms with Gasteiger partial charge in [0.05, 0.1) is 0 Å². The van der Waals surface area contributed by atoms with Crippen molar-refractivity contribution in [2.24, 2.45) is 0 Å². The lowest BCUT2D eigenvalue weighted by atomic mass is 10.2. The smallest absolute Gasteiger partial charge is 0.223 e. The topological polar surface area (TPSA) is 29.5 Å². The molecule has 0 atom stereocenters. The van der Waals surface area contributed by atoms with Crippen LogP contribution in [-0.4, -0.2) is 13.0 Å². The van der Waals surface area contributed by atoms with Crippen LogP contribution in [0.3, 0.4) is 0 Å². The summed E-state index contributed by atoms with van der Waals surface area (Å²) in [6, 6.07) is 11.3. The predicted molar refractivity (Wildman–Crippen MR) is 76.7 cm³/mol. The van der Waals surface area contributed by atoms with Gasteiger partial charge in [-0.3, -0.25) is 4.79 Å². The SMILES string of the molecule is CC(=O)N(C)c1ccc(Oc2ccc(F)cc2)c(C)c1. The Hall–Kier alpha value is -2.36. The Morgan fingerprint density at radius 3 is 2.35 bits per heavy atom. The molecule has 0 aromatic heterocycles. The Morgan fingerprint density at radius 2 is 1.80 bits per heavy atom. The number of ether oxygens (including phenoxy) is 1. The first-order valence-corrected chi connectivity index (χ1v) is 6.26. The zero-order valence-electron chi connectivity index (χ0n) is 11.7. The van der Waals surface area contributed by atoms with Crippen LogP contribution in [0, 0.1) is 12.7 Å². The second-order valence-corrected chi connectivity index (χ2v) is 4.58. The number of nitrogens with zero attached hydrogens (tertiary/aromatic N) is 1. The van der Waals surface area contributed by atoms with Crippen LogP contribution in [0.2, 0.25) is 0 Å². The Morgan fingerprint density at radius 1 is 1.15 bits per heavy atom. The second kappa shape index (κ2) is 5.74. The maximum absolute atomic E-state index is 12.8. The van der Waals surface area contributed by atoms with Crippen molar-refractivity contribution in [1.29, 1.82) is 0 Å². The third-order valence-electron chi connectivity index (χ3n) is 3.06. The third kappa shape index (κ3) is 3.15. The molecule has 20 heavy (non-hydrogen) atoms. The van der Waals surface area contributed by atoms with Crippen LogP contribution in [0.5, 0.6) is 11.5 Å². The van der Waals surface area contributed by atoms with E-state index >= 15 is 0 Å². The van der Waals surface area contributed by atoms with E-state index in [-0.39, 0.29) is 11.7 Å². The Bertz CT molecular complexity index is 623. The molecule has 0 fully saturated rings. The van der Waals surface area contributed by atoms with E-state index in [0.717, 1.165) is 11.3 Å². The summed E-state index contributed by atoms with van der Waals surface area (Å²) < 4.78 is 18.5. The zero-order chi connectivity index (χ0) is 14.7. The summed E-state index contributed by atoms with van der Waals surface area (Å²) in [6.07, 6.45) is 0. The van der Waals surface area contributed by atoms with Gasteiger partial charge in [0, 0.05) is 19.7 Å². The zero-order valence-corrected chi connectivity index (χ0v) is 11.7. The number of carbonyl (C=O) groups is 1. The first kappa shape index (κ1) is 14.1. The number of anilines is 1. The minimum absolute atomic E-state index is 0.0309. The van der Waals surface area contributed by atoms with Crippen molar-refractivity contribution in [3.8, 4) is 11.5 Å². The first-order chi connectivity index (χ1) is 9.47. The van der Waals surface area contributed by atoms with Gasteiger partial charge in [0.1, 0.15) is 17.3 Å². The van der Waals surface area contributed by atoms with Gasteiger partial charge >= 0.3 is 0 Å². The highest BCUT2D eigenvalue weighted by Gasteiger charge is 2.08. The molecule has 4 heteroatoms. The van der Waals surface area contributed by atoms with E-state index in [1.807, 2.05) is 19.1 Å². The van der Waals surface area contributed by atoms with E-state index in [0.29, 0.717) is 11.5 Å². The number of hydrogen-bond donors (Lipinski definition) is 0. The lowest BCUT2D eigenvalue weighted by Gasteiger charge is -2.17. The fourth-order valence-corrected chi connectivity index (χ4v) is 1.77. The van der Waals surface area contributed by atoms with Crippen molar-refractivity contribution in [3.05, 3.63) is 53.8 Å². The van der Waals surface area contributed by atoms with Crippen LogP contribution in [0.4, 0.5) is 10.1 Å². The second-order valence-electron chi connectivity index (χ2n) is 4.58. The van der Waals surface area contributed by atoms with Crippen LogP contribution in [-0.2, 0) is 4.79 Å². The highest BCUT2D eigenvalue weighted by Crippen LogP contribution is 2.28. The largest absolute Gasteiger partial charge is 0.457 e. The normalized spacial score (nSPS) is 10.2. The molecule has 2 aromatic carbocycles. The van der Waals surface area contributed by atoms with Crippen LogP contribution in [0.1, 0.15) is 12.5 Å². The summed E-state index contributed by atoms with van der Waals surface area (Å²) in [7, 11) is 1.72. The number of halogens is 1. The molecule has 0 aliphatic heterocycles. The molecule has 0 unspecified atom stereocenters. The molecule has 2 rings (SSSR count). The molecular weight excluding hydrogens is 257 g/mol. The van der Waals surface area contributed by atoms with Crippen molar-refractivity contribution < 1.29 is 13.9 Å². The fraction of sp³-hybridized carbons (Fsp3) is 0.188. The number of amides is 1. The molecule has 3 nitrogen and oxygen atoms in total. The van der Waals surface area contributed by atoms with Gasteiger partial charge in [-0.15, -0.1) is 0 Å². The highest BCUT2D eigenvalue weighted by molar-refractivity contribution is 5.91. The van der Waals surface area contributed by atoms with E-state index in [1.54, 1.807) is 30.1 Å². The maximum atomic E-state index is 12.8. The molecular formula is C16H16FNO2. The van der Waals surface area contributed by atoms with E-state index < -0.39 is 0 Å². The molecule has 0 heterocycles. The fourth-order valence-electron chi connectivity index (χ4n) is 1.77. The van der Waals surface area contributed by atoms with E-state index in [1.165, 1.54) is 19.1 Å². The average molecular weight is 273 g/mol. The maximum Gasteiger partial charge on any atom is 0.223 e. The quantitative estimate of drug-likeness (QED) is 0.848. The summed E-state index contributed by atoms with van der Waals surface area (Å²) in [6.45, 7) is 3.41. The van der Waals surface area contributed by atoms with Crippen LogP contribution >= 0.6 is 0 Å². The van der Waals surface area contributed by atoms with Gasteiger partial charge in [0.2, 0.25) is 5.91 Å². The summed E-state index contributed by atoms with van der Waals surface area (Å²) in [5, 5.41) is 0. The molecule has 0 aliphatic carbocycles. The lowest BCUT2D eigenvalue weighted by molar-refractivity contribution is -0.116. The number of benzene rings is 2.